The van der Waals surface area contributed by atoms with E-state index in [1.165, 1.54) is 6.07 Å². The van der Waals surface area contributed by atoms with Gasteiger partial charge in [0.25, 0.3) is 0 Å². The lowest BCUT2D eigenvalue weighted by Gasteiger charge is -2.10. The van der Waals surface area contributed by atoms with Crippen molar-refractivity contribution in [1.82, 2.24) is 0 Å². The summed E-state index contributed by atoms with van der Waals surface area (Å²) in [6.45, 7) is 1.72. The Hall–Kier alpha value is -0.930. The van der Waals surface area contributed by atoms with Gasteiger partial charge in [0, 0.05) is 12.2 Å². The topological polar surface area (TPSA) is 18.5 Å². The average Bonchev–Trinajstić information content (AvgIpc) is 2.74. The van der Waals surface area contributed by atoms with Crippen molar-refractivity contribution in [3.8, 4) is 0 Å². The van der Waals surface area contributed by atoms with E-state index in [9.17, 15) is 4.39 Å². The molecule has 82 valence electrons. The zero-order valence-corrected chi connectivity index (χ0v) is 8.62. The molecule has 0 spiro atoms. The molecular formula is C12H15FO2. The Balaban J connectivity index is 1.75. The average molecular weight is 210 g/mol. The van der Waals surface area contributed by atoms with Crippen molar-refractivity contribution in [3.63, 3.8) is 0 Å². The third-order valence-corrected chi connectivity index (χ3v) is 2.54. The van der Waals surface area contributed by atoms with Crippen LogP contribution in [0.15, 0.2) is 24.3 Å². The Morgan fingerprint density at radius 2 is 2.27 bits per heavy atom. The molecule has 0 N–H and O–H groups in total. The van der Waals surface area contributed by atoms with Gasteiger partial charge in [0.1, 0.15) is 5.82 Å². The molecule has 1 aliphatic heterocycles. The predicted octanol–water partition coefficient (Wildman–Crippen LogP) is 2.52. The highest BCUT2D eigenvalue weighted by Gasteiger charge is 2.15. The molecule has 0 saturated carbocycles. The minimum absolute atomic E-state index is 0.204. The lowest BCUT2D eigenvalue weighted by molar-refractivity contribution is 0.00983. The summed E-state index contributed by atoms with van der Waals surface area (Å²) in [5.74, 6) is -0.204. The fourth-order valence-corrected chi connectivity index (χ4v) is 1.69. The molecule has 0 bridgehead atoms. The van der Waals surface area contributed by atoms with Crippen molar-refractivity contribution in [3.05, 3.63) is 35.6 Å². The van der Waals surface area contributed by atoms with Gasteiger partial charge >= 0.3 is 0 Å². The van der Waals surface area contributed by atoms with E-state index >= 15 is 0 Å². The van der Waals surface area contributed by atoms with Gasteiger partial charge in [-0.3, -0.25) is 0 Å². The molecule has 2 nitrogen and oxygen atoms in total. The van der Waals surface area contributed by atoms with Crippen LogP contribution >= 0.6 is 0 Å². The second-order valence-corrected chi connectivity index (χ2v) is 3.74. The summed E-state index contributed by atoms with van der Waals surface area (Å²) >= 11 is 0. The second-order valence-electron chi connectivity index (χ2n) is 3.74. The van der Waals surface area contributed by atoms with Gasteiger partial charge in [-0.05, 0) is 18.9 Å². The van der Waals surface area contributed by atoms with E-state index in [0.29, 0.717) is 18.8 Å². The summed E-state index contributed by atoms with van der Waals surface area (Å²) in [6.07, 6.45) is 2.36. The molecule has 0 aliphatic carbocycles. The Kier molecular flexibility index (Phi) is 3.69. The first-order valence-electron chi connectivity index (χ1n) is 5.29. The Labute approximate surface area is 89.0 Å². The molecule has 1 aliphatic rings. The highest BCUT2D eigenvalue weighted by atomic mass is 19.1. The Morgan fingerprint density at radius 3 is 3.00 bits per heavy atom. The highest BCUT2D eigenvalue weighted by Crippen LogP contribution is 2.13. The smallest absolute Gasteiger partial charge is 0.128 e. The van der Waals surface area contributed by atoms with Crippen molar-refractivity contribution in [2.75, 3.05) is 13.2 Å². The summed E-state index contributed by atoms with van der Waals surface area (Å²) in [6, 6.07) is 6.68. The number of ether oxygens (including phenoxy) is 2. The maximum atomic E-state index is 13.2. The van der Waals surface area contributed by atoms with Crippen molar-refractivity contribution < 1.29 is 13.9 Å². The molecule has 1 aromatic carbocycles. The lowest BCUT2D eigenvalue weighted by Crippen LogP contribution is -2.14. The minimum Gasteiger partial charge on any atom is -0.376 e. The number of rotatable bonds is 4. The second kappa shape index (κ2) is 5.24. The van der Waals surface area contributed by atoms with Crippen LogP contribution in [0.2, 0.25) is 0 Å². The monoisotopic (exact) mass is 210 g/mol. The number of halogens is 1. The van der Waals surface area contributed by atoms with Crippen LogP contribution in [0, 0.1) is 5.82 Å². The molecule has 0 aromatic heterocycles. The van der Waals surface area contributed by atoms with Crippen LogP contribution in [-0.2, 0) is 16.1 Å². The van der Waals surface area contributed by atoms with Crippen LogP contribution in [0.3, 0.4) is 0 Å². The highest BCUT2D eigenvalue weighted by molar-refractivity contribution is 5.16. The van der Waals surface area contributed by atoms with Crippen LogP contribution in [-0.4, -0.2) is 19.3 Å². The molecule has 0 radical (unpaired) electrons. The zero-order chi connectivity index (χ0) is 10.5. The van der Waals surface area contributed by atoms with E-state index in [2.05, 4.69) is 0 Å². The van der Waals surface area contributed by atoms with Gasteiger partial charge in [0.15, 0.2) is 0 Å². The van der Waals surface area contributed by atoms with Crippen LogP contribution < -0.4 is 0 Å². The largest absolute Gasteiger partial charge is 0.376 e. The van der Waals surface area contributed by atoms with E-state index in [1.54, 1.807) is 12.1 Å². The van der Waals surface area contributed by atoms with Crippen LogP contribution in [0.5, 0.6) is 0 Å². The molecule has 1 aromatic rings. The summed E-state index contributed by atoms with van der Waals surface area (Å²) in [5.41, 5.74) is 0.607. The van der Waals surface area contributed by atoms with Gasteiger partial charge in [-0.25, -0.2) is 4.39 Å². The number of hydrogen-bond donors (Lipinski definition) is 0. The first-order valence-corrected chi connectivity index (χ1v) is 5.29. The summed E-state index contributed by atoms with van der Waals surface area (Å²) in [4.78, 5) is 0. The first-order chi connectivity index (χ1) is 7.36. The van der Waals surface area contributed by atoms with Gasteiger partial charge in [-0.15, -0.1) is 0 Å². The van der Waals surface area contributed by atoms with E-state index < -0.39 is 0 Å². The van der Waals surface area contributed by atoms with E-state index in [-0.39, 0.29) is 11.9 Å². The lowest BCUT2D eigenvalue weighted by atomic mass is 10.2. The number of benzene rings is 1. The SMILES string of the molecule is Fc1ccccc1COC[C@@H]1CCCO1. The summed E-state index contributed by atoms with van der Waals surface area (Å²) in [7, 11) is 0. The molecule has 1 atom stereocenters. The molecular weight excluding hydrogens is 195 g/mol. The standard InChI is InChI=1S/C12H15FO2/c13-12-6-2-1-4-10(12)8-14-9-11-5-3-7-15-11/h1-2,4,6,11H,3,5,7-9H2/t11-/m0/s1. The molecule has 1 saturated heterocycles. The number of hydrogen-bond acceptors (Lipinski definition) is 2. The van der Waals surface area contributed by atoms with Gasteiger partial charge in [0.2, 0.25) is 0 Å². The molecule has 2 rings (SSSR count). The quantitative estimate of drug-likeness (QED) is 0.760. The maximum Gasteiger partial charge on any atom is 0.128 e. The third kappa shape index (κ3) is 3.01. The molecule has 3 heteroatoms. The van der Waals surface area contributed by atoms with Crippen LogP contribution in [0.25, 0.3) is 0 Å². The molecule has 15 heavy (non-hydrogen) atoms. The molecule has 1 fully saturated rings. The molecule has 1 heterocycles. The van der Waals surface area contributed by atoms with Crippen molar-refractivity contribution >= 4 is 0 Å². The zero-order valence-electron chi connectivity index (χ0n) is 8.62. The van der Waals surface area contributed by atoms with Gasteiger partial charge < -0.3 is 9.47 Å². The minimum atomic E-state index is -0.204. The summed E-state index contributed by atoms with van der Waals surface area (Å²) in [5, 5.41) is 0. The van der Waals surface area contributed by atoms with Gasteiger partial charge in [-0.2, -0.15) is 0 Å². The molecule has 0 unspecified atom stereocenters. The van der Waals surface area contributed by atoms with Crippen LogP contribution in [0.1, 0.15) is 18.4 Å². The summed E-state index contributed by atoms with van der Waals surface area (Å²) < 4.78 is 24.0. The maximum absolute atomic E-state index is 13.2. The Bertz CT molecular complexity index is 308. The van der Waals surface area contributed by atoms with E-state index in [4.69, 9.17) is 9.47 Å². The predicted molar refractivity (Wildman–Crippen MR) is 55.0 cm³/mol. The van der Waals surface area contributed by atoms with Gasteiger partial charge in [0.05, 0.1) is 19.3 Å². The third-order valence-electron chi connectivity index (χ3n) is 2.54. The van der Waals surface area contributed by atoms with E-state index in [0.717, 1.165) is 19.4 Å². The Morgan fingerprint density at radius 1 is 1.40 bits per heavy atom. The normalized spacial score (nSPS) is 20.7. The van der Waals surface area contributed by atoms with Crippen molar-refractivity contribution in [1.29, 1.82) is 0 Å². The van der Waals surface area contributed by atoms with Crippen LogP contribution in [0.4, 0.5) is 4.39 Å². The fourth-order valence-electron chi connectivity index (χ4n) is 1.69. The first kappa shape index (κ1) is 10.6. The molecule has 0 amide bonds. The van der Waals surface area contributed by atoms with Crippen molar-refractivity contribution in [2.24, 2.45) is 0 Å². The van der Waals surface area contributed by atoms with Gasteiger partial charge in [-0.1, -0.05) is 18.2 Å². The fraction of sp³-hybridized carbons (Fsp3) is 0.500. The van der Waals surface area contributed by atoms with Crippen molar-refractivity contribution in [2.45, 2.75) is 25.6 Å². The van der Waals surface area contributed by atoms with E-state index in [1.807, 2.05) is 6.07 Å².